The van der Waals surface area contributed by atoms with Gasteiger partial charge in [-0.1, -0.05) is 35.9 Å². The smallest absolute Gasteiger partial charge is 0.273 e. The molecule has 0 radical (unpaired) electrons. The Kier molecular flexibility index (Phi) is 5.20. The normalized spacial score (nSPS) is 10.4. The molecule has 5 nitrogen and oxygen atoms in total. The third-order valence-electron chi connectivity index (χ3n) is 3.58. The van der Waals surface area contributed by atoms with Crippen molar-refractivity contribution in [3.8, 4) is 5.75 Å². The van der Waals surface area contributed by atoms with Crippen LogP contribution in [0.5, 0.6) is 5.75 Å². The number of carbonyl (C=O) groups is 1. The summed E-state index contributed by atoms with van der Waals surface area (Å²) in [7, 11) is 0. The minimum Gasteiger partial charge on any atom is -0.507 e. The second-order valence-corrected chi connectivity index (χ2v) is 6.19. The van der Waals surface area contributed by atoms with Crippen LogP contribution in [0.15, 0.2) is 54.6 Å². The predicted molar refractivity (Wildman–Crippen MR) is 104 cm³/mol. The van der Waals surface area contributed by atoms with E-state index in [9.17, 15) is 14.3 Å². The quantitative estimate of drug-likeness (QED) is 0.394. The Morgan fingerprint density at radius 1 is 1.04 bits per heavy atom. The van der Waals surface area contributed by atoms with Gasteiger partial charge in [0.05, 0.1) is 10.6 Å². The van der Waals surface area contributed by atoms with Crippen LogP contribution in [0, 0.1) is 5.82 Å². The molecular formula is C18H13ClFN3O2S. The summed E-state index contributed by atoms with van der Waals surface area (Å²) < 4.78 is 13.1. The number of phenols is 1. The van der Waals surface area contributed by atoms with Crippen LogP contribution < -0.4 is 16.2 Å². The highest BCUT2D eigenvalue weighted by atomic mass is 35.5. The van der Waals surface area contributed by atoms with Crippen LogP contribution in [0.1, 0.15) is 10.4 Å². The van der Waals surface area contributed by atoms with Crippen LogP contribution in [0.2, 0.25) is 5.02 Å². The molecule has 0 atom stereocenters. The van der Waals surface area contributed by atoms with Gasteiger partial charge in [-0.25, -0.2) is 4.39 Å². The van der Waals surface area contributed by atoms with Gasteiger partial charge in [-0.15, -0.1) is 0 Å². The van der Waals surface area contributed by atoms with Crippen molar-refractivity contribution in [3.63, 3.8) is 0 Å². The number of aromatic hydroxyl groups is 1. The van der Waals surface area contributed by atoms with Crippen molar-refractivity contribution in [2.24, 2.45) is 0 Å². The summed E-state index contributed by atoms with van der Waals surface area (Å²) in [6, 6.07) is 14.5. The van der Waals surface area contributed by atoms with Crippen LogP contribution in [-0.4, -0.2) is 16.1 Å². The minimum atomic E-state index is -0.561. The molecule has 0 aliphatic heterocycles. The van der Waals surface area contributed by atoms with Crippen LogP contribution in [0.3, 0.4) is 0 Å². The number of nitrogens with one attached hydrogen (secondary N) is 3. The third kappa shape index (κ3) is 4.01. The van der Waals surface area contributed by atoms with Crippen molar-refractivity contribution in [2.45, 2.75) is 0 Å². The lowest BCUT2D eigenvalue weighted by molar-refractivity contribution is 0.0941. The van der Waals surface area contributed by atoms with Gasteiger partial charge in [0, 0.05) is 5.69 Å². The van der Waals surface area contributed by atoms with E-state index in [1.54, 1.807) is 6.07 Å². The molecule has 0 aliphatic carbocycles. The first-order valence-corrected chi connectivity index (χ1v) is 8.27. The lowest BCUT2D eigenvalue weighted by Gasteiger charge is -2.13. The molecular weight excluding hydrogens is 377 g/mol. The number of benzene rings is 3. The molecule has 3 aromatic rings. The summed E-state index contributed by atoms with van der Waals surface area (Å²) >= 11 is 10.7. The molecule has 0 unspecified atom stereocenters. The molecule has 26 heavy (non-hydrogen) atoms. The van der Waals surface area contributed by atoms with Crippen molar-refractivity contribution >= 4 is 51.3 Å². The second kappa shape index (κ2) is 7.55. The molecule has 0 fully saturated rings. The largest absolute Gasteiger partial charge is 0.507 e. The Morgan fingerprint density at radius 2 is 1.73 bits per heavy atom. The maximum absolute atomic E-state index is 13.1. The highest BCUT2D eigenvalue weighted by molar-refractivity contribution is 7.80. The van der Waals surface area contributed by atoms with Crippen molar-refractivity contribution in [3.05, 3.63) is 71.0 Å². The van der Waals surface area contributed by atoms with Crippen LogP contribution >= 0.6 is 23.8 Å². The molecule has 0 saturated heterocycles. The molecule has 1 amide bonds. The van der Waals surface area contributed by atoms with Crippen molar-refractivity contribution in [2.75, 3.05) is 5.32 Å². The van der Waals surface area contributed by atoms with E-state index in [0.29, 0.717) is 5.69 Å². The number of phenolic OH excluding ortho intramolecular Hbond substituents is 1. The zero-order valence-electron chi connectivity index (χ0n) is 13.2. The number of amides is 1. The summed E-state index contributed by atoms with van der Waals surface area (Å²) in [6.45, 7) is 0. The summed E-state index contributed by atoms with van der Waals surface area (Å²) in [5, 5.41) is 14.5. The van der Waals surface area contributed by atoms with E-state index in [2.05, 4.69) is 16.2 Å². The zero-order valence-corrected chi connectivity index (χ0v) is 14.8. The van der Waals surface area contributed by atoms with E-state index in [1.165, 1.54) is 24.3 Å². The Morgan fingerprint density at radius 3 is 2.42 bits per heavy atom. The molecule has 3 rings (SSSR count). The van der Waals surface area contributed by atoms with Gasteiger partial charge in [0.15, 0.2) is 5.11 Å². The summed E-state index contributed by atoms with van der Waals surface area (Å²) in [5.41, 5.74) is 5.46. The number of carbonyl (C=O) groups excluding carboxylic acids is 1. The summed E-state index contributed by atoms with van der Waals surface area (Å²) in [6.07, 6.45) is 0. The standard InChI is InChI=1S/C18H13ClFN3O2S/c19-14-9-12(5-6-15(14)20)21-18(26)23-22-17(25)13-7-10-3-1-2-4-11(10)8-16(13)24/h1-9,24H,(H,22,25)(H2,21,23,26). The molecule has 0 saturated carbocycles. The SMILES string of the molecule is O=C(NNC(=S)Nc1ccc(F)c(Cl)c1)c1cc2ccccc2cc1O. The summed E-state index contributed by atoms with van der Waals surface area (Å²) in [5.74, 6) is -1.25. The number of halogens is 2. The predicted octanol–water partition coefficient (Wildman–Crippen LogP) is 3.97. The Balaban J connectivity index is 1.65. The average Bonchev–Trinajstić information content (AvgIpc) is 2.62. The highest BCUT2D eigenvalue weighted by Gasteiger charge is 2.13. The molecule has 132 valence electrons. The van der Waals surface area contributed by atoms with E-state index in [-0.39, 0.29) is 21.4 Å². The van der Waals surface area contributed by atoms with Gasteiger partial charge < -0.3 is 10.4 Å². The molecule has 0 spiro atoms. The monoisotopic (exact) mass is 389 g/mol. The van der Waals surface area contributed by atoms with Crippen LogP contribution in [0.25, 0.3) is 10.8 Å². The van der Waals surface area contributed by atoms with E-state index < -0.39 is 11.7 Å². The van der Waals surface area contributed by atoms with E-state index in [4.69, 9.17) is 23.8 Å². The van der Waals surface area contributed by atoms with Gasteiger partial charge >= 0.3 is 0 Å². The van der Waals surface area contributed by atoms with Gasteiger partial charge in [0.1, 0.15) is 11.6 Å². The fourth-order valence-corrected chi connectivity index (χ4v) is 2.68. The fourth-order valence-electron chi connectivity index (χ4n) is 2.33. The molecule has 0 heterocycles. The van der Waals surface area contributed by atoms with Gasteiger partial charge in [0.25, 0.3) is 5.91 Å². The first-order valence-electron chi connectivity index (χ1n) is 7.48. The molecule has 0 aliphatic rings. The first kappa shape index (κ1) is 17.9. The lowest BCUT2D eigenvalue weighted by Crippen LogP contribution is -2.43. The number of anilines is 1. The summed E-state index contributed by atoms with van der Waals surface area (Å²) in [4.78, 5) is 12.3. The Bertz CT molecular complexity index is 1010. The Labute approximate surface area is 158 Å². The van der Waals surface area contributed by atoms with Gasteiger partial charge in [-0.05, 0) is 53.3 Å². The maximum atomic E-state index is 13.1. The topological polar surface area (TPSA) is 73.4 Å². The Hall–Kier alpha value is -2.90. The van der Waals surface area contributed by atoms with Crippen LogP contribution in [0.4, 0.5) is 10.1 Å². The third-order valence-corrected chi connectivity index (χ3v) is 4.07. The number of thiocarbonyl (C=S) groups is 1. The number of hydrazine groups is 1. The van der Waals surface area contributed by atoms with Crippen molar-refractivity contribution < 1.29 is 14.3 Å². The molecule has 0 bridgehead atoms. The number of fused-ring (bicyclic) bond motifs is 1. The lowest BCUT2D eigenvalue weighted by atomic mass is 10.1. The van der Waals surface area contributed by atoms with Gasteiger partial charge in [0.2, 0.25) is 0 Å². The van der Waals surface area contributed by atoms with Crippen molar-refractivity contribution in [1.29, 1.82) is 0 Å². The number of hydrogen-bond acceptors (Lipinski definition) is 3. The van der Waals surface area contributed by atoms with E-state index in [0.717, 1.165) is 10.8 Å². The zero-order chi connectivity index (χ0) is 18.7. The molecule has 0 aromatic heterocycles. The van der Waals surface area contributed by atoms with Crippen molar-refractivity contribution in [1.82, 2.24) is 10.9 Å². The van der Waals surface area contributed by atoms with E-state index in [1.807, 2.05) is 24.3 Å². The molecule has 3 aromatic carbocycles. The van der Waals surface area contributed by atoms with Gasteiger partial charge in [-0.2, -0.15) is 0 Å². The minimum absolute atomic E-state index is 0.0529. The van der Waals surface area contributed by atoms with Gasteiger partial charge in [-0.3, -0.25) is 15.6 Å². The molecule has 8 heteroatoms. The highest BCUT2D eigenvalue weighted by Crippen LogP contribution is 2.24. The average molecular weight is 390 g/mol. The molecule has 4 N–H and O–H groups in total. The first-order chi connectivity index (χ1) is 12.4. The maximum Gasteiger partial charge on any atom is 0.273 e. The number of rotatable bonds is 2. The number of hydrogen-bond donors (Lipinski definition) is 4. The fraction of sp³-hybridized carbons (Fsp3) is 0. The van der Waals surface area contributed by atoms with Crippen LogP contribution in [-0.2, 0) is 0 Å². The van der Waals surface area contributed by atoms with E-state index >= 15 is 0 Å². The second-order valence-electron chi connectivity index (χ2n) is 5.38.